The fraction of sp³-hybridized carbons (Fsp3) is 0.450. The van der Waals surface area contributed by atoms with Gasteiger partial charge < -0.3 is 19.5 Å². The lowest BCUT2D eigenvalue weighted by Gasteiger charge is -2.37. The van der Waals surface area contributed by atoms with Gasteiger partial charge in [-0.2, -0.15) is 0 Å². The van der Waals surface area contributed by atoms with Crippen LogP contribution in [0.2, 0.25) is 0 Å². The first-order valence-electron chi connectivity index (χ1n) is 9.11. The average Bonchev–Trinajstić information content (AvgIpc) is 3.17. The summed E-state index contributed by atoms with van der Waals surface area (Å²) in [6.45, 7) is 8.52. The van der Waals surface area contributed by atoms with Crippen molar-refractivity contribution in [1.82, 2.24) is 5.32 Å². The van der Waals surface area contributed by atoms with E-state index in [-0.39, 0.29) is 17.9 Å². The first kappa shape index (κ1) is 17.5. The first-order valence-corrected chi connectivity index (χ1v) is 9.11. The molecule has 5 heteroatoms. The van der Waals surface area contributed by atoms with Gasteiger partial charge in [0.15, 0.2) is 11.8 Å². The number of carbonyl (C=O) groups is 1. The monoisotopic (exact) mass is 342 g/mol. The predicted molar refractivity (Wildman–Crippen MR) is 98.6 cm³/mol. The molecule has 0 saturated carbocycles. The number of hydrogen-bond acceptors (Lipinski definition) is 3. The number of carbonyl (C=O) groups excluding carboxylic acids is 1. The lowest BCUT2D eigenvalue weighted by molar-refractivity contribution is -0.932. The number of para-hydroxylation sites is 1. The predicted octanol–water partition coefficient (Wildman–Crippen LogP) is 1.50. The molecule has 1 fully saturated rings. The maximum Gasteiger partial charge on any atom is 0.222 e. The number of nitrogens with zero attached hydrogens (tertiary/aromatic N) is 1. The van der Waals surface area contributed by atoms with Gasteiger partial charge in [-0.05, 0) is 24.3 Å². The Kier molecular flexibility index (Phi) is 5.76. The van der Waals surface area contributed by atoms with Crippen LogP contribution in [0, 0.1) is 5.92 Å². The summed E-state index contributed by atoms with van der Waals surface area (Å²) in [7, 11) is 0. The normalized spacial score (nSPS) is 16.8. The Morgan fingerprint density at radius 1 is 1.16 bits per heavy atom. The van der Waals surface area contributed by atoms with E-state index in [9.17, 15) is 4.79 Å². The molecule has 0 unspecified atom stereocenters. The van der Waals surface area contributed by atoms with E-state index in [1.165, 1.54) is 10.6 Å². The fourth-order valence-corrected chi connectivity index (χ4v) is 3.38. The highest BCUT2D eigenvalue weighted by Gasteiger charge is 2.31. The summed E-state index contributed by atoms with van der Waals surface area (Å²) in [4.78, 5) is 15.9. The van der Waals surface area contributed by atoms with Gasteiger partial charge in [0.2, 0.25) is 5.91 Å². The average molecular weight is 342 g/mol. The minimum atomic E-state index is 0.00202. The molecule has 0 spiro atoms. The van der Waals surface area contributed by atoms with Crippen LogP contribution in [0.5, 0.6) is 0 Å². The molecule has 0 aliphatic carbocycles. The molecule has 3 rings (SSSR count). The Labute approximate surface area is 149 Å². The highest BCUT2D eigenvalue weighted by atomic mass is 16.3. The van der Waals surface area contributed by atoms with E-state index in [0.717, 1.165) is 31.9 Å². The summed E-state index contributed by atoms with van der Waals surface area (Å²) < 4.78 is 5.67. The maximum atomic E-state index is 12.0. The SMILES string of the molecule is CC(C)C(=O)NC[C@H](c1ccco1)[NH+]1CCN(c2ccccc2)CC1. The number of piperazine rings is 1. The molecular formula is C20H28N3O2+. The van der Waals surface area contributed by atoms with Crippen molar-refractivity contribution < 1.29 is 14.1 Å². The highest BCUT2D eigenvalue weighted by molar-refractivity contribution is 5.77. The summed E-state index contributed by atoms with van der Waals surface area (Å²) in [5.74, 6) is 1.05. The lowest BCUT2D eigenvalue weighted by Crippen LogP contribution is -3.15. The Morgan fingerprint density at radius 3 is 2.48 bits per heavy atom. The van der Waals surface area contributed by atoms with Gasteiger partial charge in [0.1, 0.15) is 0 Å². The molecule has 5 nitrogen and oxygen atoms in total. The lowest BCUT2D eigenvalue weighted by atomic mass is 10.1. The van der Waals surface area contributed by atoms with Crippen molar-refractivity contribution in [1.29, 1.82) is 0 Å². The molecule has 1 aromatic carbocycles. The van der Waals surface area contributed by atoms with Crippen LogP contribution in [0.1, 0.15) is 25.6 Å². The largest absolute Gasteiger partial charge is 0.463 e. The highest BCUT2D eigenvalue weighted by Crippen LogP contribution is 2.14. The molecule has 1 atom stereocenters. The van der Waals surface area contributed by atoms with E-state index in [2.05, 4.69) is 40.5 Å². The minimum Gasteiger partial charge on any atom is -0.463 e. The number of benzene rings is 1. The van der Waals surface area contributed by atoms with E-state index in [4.69, 9.17) is 4.42 Å². The smallest absolute Gasteiger partial charge is 0.222 e. The molecule has 0 radical (unpaired) electrons. The number of rotatable bonds is 6. The molecule has 1 aliphatic heterocycles. The molecule has 2 aromatic rings. The zero-order chi connectivity index (χ0) is 17.6. The van der Waals surface area contributed by atoms with Crippen LogP contribution in [0.4, 0.5) is 5.69 Å². The Balaban J connectivity index is 1.63. The zero-order valence-corrected chi connectivity index (χ0v) is 15.1. The molecule has 2 heterocycles. The summed E-state index contributed by atoms with van der Waals surface area (Å²) in [6, 6.07) is 14.7. The van der Waals surface area contributed by atoms with Crippen LogP contribution >= 0.6 is 0 Å². The van der Waals surface area contributed by atoms with Gasteiger partial charge in [-0.15, -0.1) is 0 Å². The number of quaternary nitrogens is 1. The Morgan fingerprint density at radius 2 is 1.88 bits per heavy atom. The van der Waals surface area contributed by atoms with Crippen molar-refractivity contribution in [2.45, 2.75) is 19.9 Å². The van der Waals surface area contributed by atoms with Crippen LogP contribution in [0.3, 0.4) is 0 Å². The summed E-state index contributed by atoms with van der Waals surface area (Å²) in [6.07, 6.45) is 1.71. The molecule has 1 aromatic heterocycles. The topological polar surface area (TPSA) is 49.9 Å². The van der Waals surface area contributed by atoms with Gasteiger partial charge >= 0.3 is 0 Å². The third-order valence-corrected chi connectivity index (χ3v) is 4.91. The molecule has 134 valence electrons. The van der Waals surface area contributed by atoms with Gasteiger partial charge in [0, 0.05) is 11.6 Å². The van der Waals surface area contributed by atoms with E-state index >= 15 is 0 Å². The van der Waals surface area contributed by atoms with Gasteiger partial charge in [0.05, 0.1) is 39.0 Å². The van der Waals surface area contributed by atoms with Crippen LogP contribution in [0.25, 0.3) is 0 Å². The molecule has 2 N–H and O–H groups in total. The second kappa shape index (κ2) is 8.21. The van der Waals surface area contributed by atoms with E-state index < -0.39 is 0 Å². The van der Waals surface area contributed by atoms with E-state index in [0.29, 0.717) is 6.54 Å². The minimum absolute atomic E-state index is 0.00202. The second-order valence-corrected chi connectivity index (χ2v) is 6.95. The molecule has 1 aliphatic rings. The number of anilines is 1. The molecule has 1 saturated heterocycles. The number of amides is 1. The van der Waals surface area contributed by atoms with Crippen LogP contribution in [-0.4, -0.2) is 38.6 Å². The van der Waals surface area contributed by atoms with Crippen LogP contribution < -0.4 is 15.1 Å². The van der Waals surface area contributed by atoms with Crippen LogP contribution in [0.15, 0.2) is 53.1 Å². The number of nitrogens with one attached hydrogen (secondary N) is 2. The van der Waals surface area contributed by atoms with Crippen molar-refractivity contribution in [2.75, 3.05) is 37.6 Å². The quantitative estimate of drug-likeness (QED) is 0.836. The summed E-state index contributed by atoms with van der Waals surface area (Å²) in [5, 5.41) is 3.08. The molecular weight excluding hydrogens is 314 g/mol. The van der Waals surface area contributed by atoms with Gasteiger partial charge in [0.25, 0.3) is 0 Å². The van der Waals surface area contributed by atoms with E-state index in [1.807, 2.05) is 26.0 Å². The zero-order valence-electron chi connectivity index (χ0n) is 15.1. The van der Waals surface area contributed by atoms with E-state index in [1.54, 1.807) is 6.26 Å². The van der Waals surface area contributed by atoms with Crippen molar-refractivity contribution in [2.24, 2.45) is 5.92 Å². The van der Waals surface area contributed by atoms with Crippen molar-refractivity contribution >= 4 is 11.6 Å². The number of furan rings is 1. The summed E-state index contributed by atoms with van der Waals surface area (Å²) in [5.41, 5.74) is 1.28. The Hall–Kier alpha value is -2.27. The second-order valence-electron chi connectivity index (χ2n) is 6.95. The van der Waals surface area contributed by atoms with Crippen LogP contribution in [-0.2, 0) is 4.79 Å². The fourth-order valence-electron chi connectivity index (χ4n) is 3.38. The Bertz CT molecular complexity index is 647. The molecule has 25 heavy (non-hydrogen) atoms. The summed E-state index contributed by atoms with van der Waals surface area (Å²) >= 11 is 0. The first-order chi connectivity index (χ1) is 12.1. The van der Waals surface area contributed by atoms with Crippen molar-refractivity contribution in [3.05, 3.63) is 54.5 Å². The van der Waals surface area contributed by atoms with Crippen molar-refractivity contribution in [3.63, 3.8) is 0 Å². The number of hydrogen-bond donors (Lipinski definition) is 2. The van der Waals surface area contributed by atoms with Gasteiger partial charge in [-0.1, -0.05) is 32.0 Å². The third kappa shape index (κ3) is 4.42. The third-order valence-electron chi connectivity index (χ3n) is 4.91. The standard InChI is InChI=1S/C20H27N3O2/c1-16(2)20(24)21-15-18(19-9-6-14-25-19)23-12-10-22(11-13-23)17-7-4-3-5-8-17/h3-9,14,16,18H,10-13,15H2,1-2H3,(H,21,24)/p+1/t18-/m1/s1. The molecule has 0 bridgehead atoms. The molecule has 1 amide bonds. The van der Waals surface area contributed by atoms with Gasteiger partial charge in [-0.25, -0.2) is 0 Å². The maximum absolute atomic E-state index is 12.0. The van der Waals surface area contributed by atoms with Gasteiger partial charge in [-0.3, -0.25) is 4.79 Å². The van der Waals surface area contributed by atoms with Crippen molar-refractivity contribution in [3.8, 4) is 0 Å².